The second kappa shape index (κ2) is 9.10. The molecule has 3 N–H and O–H groups in total. The third-order valence-corrected chi connectivity index (χ3v) is 4.96. The maximum atomic E-state index is 11.0. The second-order valence-electron chi connectivity index (χ2n) is 6.90. The van der Waals surface area contributed by atoms with Crippen LogP contribution < -0.4 is 25.0 Å². The number of hydrogen-bond donors (Lipinski definition) is 3. The first kappa shape index (κ1) is 20.2. The topological polar surface area (TPSA) is 66.0 Å². The fourth-order valence-electron chi connectivity index (χ4n) is 3.49. The molecule has 1 atom stereocenters. The van der Waals surface area contributed by atoms with Crippen LogP contribution in [0, 0.1) is 0 Å². The van der Waals surface area contributed by atoms with Gasteiger partial charge >= 0.3 is 0 Å². The molecule has 2 aromatic carbocycles. The van der Waals surface area contributed by atoms with E-state index in [0.717, 1.165) is 28.1 Å². The van der Waals surface area contributed by atoms with Crippen molar-refractivity contribution in [3.8, 4) is 11.5 Å². The maximum absolute atomic E-state index is 11.0. The molecule has 0 aliphatic carbocycles. The summed E-state index contributed by atoms with van der Waals surface area (Å²) in [4.78, 5) is 1.87. The van der Waals surface area contributed by atoms with Crippen molar-refractivity contribution in [2.45, 2.75) is 19.6 Å². The van der Waals surface area contributed by atoms with Gasteiger partial charge in [-0.15, -0.1) is 0 Å². The molecule has 3 rings (SSSR count). The first-order valence-corrected chi connectivity index (χ1v) is 9.44. The number of likely N-dealkylation sites (N-methyl/N-ethyl adjacent to an activating group) is 1. The van der Waals surface area contributed by atoms with E-state index in [2.05, 4.69) is 22.8 Å². The summed E-state index contributed by atoms with van der Waals surface area (Å²) in [5.41, 5.74) is 5.06. The average molecular weight is 383 g/mol. The van der Waals surface area contributed by atoms with E-state index in [1.165, 1.54) is 5.56 Å². The van der Waals surface area contributed by atoms with E-state index in [-0.39, 0.29) is 0 Å². The van der Waals surface area contributed by atoms with Gasteiger partial charge in [0.05, 0.1) is 5.69 Å². The van der Waals surface area contributed by atoms with Crippen molar-refractivity contribution in [1.82, 2.24) is 10.6 Å². The monoisotopic (exact) mass is 383 g/mol. The number of ether oxygens (including phenoxy) is 2. The van der Waals surface area contributed by atoms with Crippen LogP contribution in [-0.2, 0) is 6.42 Å². The second-order valence-corrected chi connectivity index (χ2v) is 6.90. The molecule has 1 aliphatic rings. The fourth-order valence-corrected chi connectivity index (χ4v) is 3.49. The number of rotatable bonds is 8. The Labute approximate surface area is 166 Å². The van der Waals surface area contributed by atoms with Crippen LogP contribution in [0.25, 0.3) is 5.57 Å². The van der Waals surface area contributed by atoms with Gasteiger partial charge < -0.3 is 19.5 Å². The lowest BCUT2D eigenvalue weighted by Gasteiger charge is -2.36. The molecule has 6 nitrogen and oxygen atoms in total. The Balaban J connectivity index is 2.08. The van der Waals surface area contributed by atoms with Gasteiger partial charge in [0.1, 0.15) is 31.2 Å². The number of anilines is 1. The van der Waals surface area contributed by atoms with Gasteiger partial charge in [0.2, 0.25) is 0 Å². The Morgan fingerprint density at radius 3 is 2.39 bits per heavy atom. The number of aliphatic hydroxyl groups is 1. The lowest BCUT2D eigenvalue weighted by molar-refractivity contribution is 0.206. The quantitative estimate of drug-likeness (QED) is 0.609. The van der Waals surface area contributed by atoms with Crippen LogP contribution in [0.15, 0.2) is 48.0 Å². The minimum absolute atomic E-state index is 0.384. The van der Waals surface area contributed by atoms with Crippen LogP contribution >= 0.6 is 0 Å². The summed E-state index contributed by atoms with van der Waals surface area (Å²) in [7, 11) is 5.56. The molecule has 0 amide bonds. The molecule has 6 heteroatoms. The van der Waals surface area contributed by atoms with Crippen LogP contribution in [-0.4, -0.2) is 45.9 Å². The zero-order chi connectivity index (χ0) is 20.1. The molecular formula is C22H29N3O3. The highest BCUT2D eigenvalue weighted by molar-refractivity contribution is 5.86. The van der Waals surface area contributed by atoms with Gasteiger partial charge in [0.15, 0.2) is 0 Å². The highest BCUT2D eigenvalue weighted by Gasteiger charge is 2.31. The van der Waals surface area contributed by atoms with Crippen LogP contribution in [0.3, 0.4) is 0 Å². The summed E-state index contributed by atoms with van der Waals surface area (Å²) in [6, 6.07) is 14.1. The van der Waals surface area contributed by atoms with Crippen LogP contribution in [0.4, 0.5) is 5.69 Å². The molecule has 28 heavy (non-hydrogen) atoms. The highest BCUT2D eigenvalue weighted by Crippen LogP contribution is 2.45. The molecule has 1 heterocycles. The van der Waals surface area contributed by atoms with Gasteiger partial charge in [0, 0.05) is 24.7 Å². The Kier molecular flexibility index (Phi) is 6.57. The number of benzene rings is 2. The van der Waals surface area contributed by atoms with Gasteiger partial charge in [-0.25, -0.2) is 0 Å². The summed E-state index contributed by atoms with van der Waals surface area (Å²) < 4.78 is 11.7. The zero-order valence-corrected chi connectivity index (χ0v) is 17.0. The first-order chi connectivity index (χ1) is 13.6. The number of allylic oxidation sites excluding steroid dienone is 1. The van der Waals surface area contributed by atoms with Gasteiger partial charge in [0.25, 0.3) is 0 Å². The summed E-state index contributed by atoms with van der Waals surface area (Å²) >= 11 is 0. The molecule has 0 radical (unpaired) electrons. The molecule has 150 valence electrons. The highest BCUT2D eigenvalue weighted by atomic mass is 16.5. The molecule has 0 bridgehead atoms. The molecule has 0 aromatic heterocycles. The van der Waals surface area contributed by atoms with E-state index in [1.54, 1.807) is 0 Å². The predicted molar refractivity (Wildman–Crippen MR) is 113 cm³/mol. The number of fused-ring (bicyclic) bond motifs is 1. The predicted octanol–water partition coefficient (Wildman–Crippen LogP) is 2.58. The van der Waals surface area contributed by atoms with Crippen molar-refractivity contribution >= 4 is 11.3 Å². The van der Waals surface area contributed by atoms with Gasteiger partial charge in [-0.1, -0.05) is 30.3 Å². The number of aliphatic hydroxyl groups excluding tert-OH is 1. The smallest absolute Gasteiger partial charge is 0.149 e. The Morgan fingerprint density at radius 2 is 1.71 bits per heavy atom. The summed E-state index contributed by atoms with van der Waals surface area (Å²) in [6.07, 6.45) is -0.0226. The third-order valence-electron chi connectivity index (χ3n) is 4.96. The van der Waals surface area contributed by atoms with E-state index in [9.17, 15) is 5.11 Å². The van der Waals surface area contributed by atoms with Crippen LogP contribution in [0.1, 0.15) is 18.1 Å². The van der Waals surface area contributed by atoms with Crippen molar-refractivity contribution in [1.29, 1.82) is 0 Å². The SMILES string of the molecule is CNCOc1cc(OCNC)c2c(c1)N(C)C(O)C(Cc1ccccc1)=C2C. The number of hydrogen-bond acceptors (Lipinski definition) is 6. The summed E-state index contributed by atoms with van der Waals surface area (Å²) in [6.45, 7) is 2.83. The minimum atomic E-state index is -0.704. The Bertz CT molecular complexity index is 836. The molecule has 0 spiro atoms. The fraction of sp³-hybridized carbons (Fsp3) is 0.364. The largest absolute Gasteiger partial charge is 0.478 e. The van der Waals surface area contributed by atoms with Crippen molar-refractivity contribution < 1.29 is 14.6 Å². The molecule has 2 aromatic rings. The van der Waals surface area contributed by atoms with Crippen LogP contribution in [0.5, 0.6) is 11.5 Å². The molecule has 1 unspecified atom stereocenters. The molecule has 0 saturated heterocycles. The van der Waals surface area contributed by atoms with E-state index >= 15 is 0 Å². The van der Waals surface area contributed by atoms with Crippen LogP contribution in [0.2, 0.25) is 0 Å². The number of nitrogens with one attached hydrogen (secondary N) is 2. The summed E-state index contributed by atoms with van der Waals surface area (Å²) in [5.74, 6) is 1.43. The standard InChI is InChI=1S/C22H29N3O3/c1-15-18(10-16-8-6-5-7-9-16)22(26)25(4)19-11-17(27-13-23-2)12-20(21(15)19)28-14-24-3/h5-9,11-12,22-24,26H,10,13-14H2,1-4H3. The Morgan fingerprint density at radius 1 is 1.04 bits per heavy atom. The maximum Gasteiger partial charge on any atom is 0.149 e. The average Bonchev–Trinajstić information content (AvgIpc) is 2.72. The Hall–Kier alpha value is -2.54. The third kappa shape index (κ3) is 4.14. The zero-order valence-electron chi connectivity index (χ0n) is 17.0. The van der Waals surface area contributed by atoms with E-state index < -0.39 is 6.23 Å². The first-order valence-electron chi connectivity index (χ1n) is 9.44. The molecular weight excluding hydrogens is 354 g/mol. The lowest BCUT2D eigenvalue weighted by atomic mass is 9.89. The molecule has 0 saturated carbocycles. The number of nitrogens with zero attached hydrogens (tertiary/aromatic N) is 1. The van der Waals surface area contributed by atoms with E-state index in [1.807, 2.05) is 63.3 Å². The molecule has 1 aliphatic heterocycles. The minimum Gasteiger partial charge on any atom is -0.478 e. The normalized spacial score (nSPS) is 16.2. The van der Waals surface area contributed by atoms with Crippen molar-refractivity contribution in [2.75, 3.05) is 39.5 Å². The van der Waals surface area contributed by atoms with Crippen molar-refractivity contribution in [3.05, 3.63) is 59.2 Å². The van der Waals surface area contributed by atoms with Crippen molar-refractivity contribution in [2.24, 2.45) is 0 Å². The van der Waals surface area contributed by atoms with Gasteiger partial charge in [-0.3, -0.25) is 10.6 Å². The van der Waals surface area contributed by atoms with Gasteiger partial charge in [-0.2, -0.15) is 0 Å². The molecule has 0 fully saturated rings. The van der Waals surface area contributed by atoms with E-state index in [4.69, 9.17) is 9.47 Å². The van der Waals surface area contributed by atoms with Gasteiger partial charge in [-0.05, 0) is 44.1 Å². The lowest BCUT2D eigenvalue weighted by Crippen LogP contribution is -2.37. The van der Waals surface area contributed by atoms with Crippen molar-refractivity contribution in [3.63, 3.8) is 0 Å². The summed E-state index contributed by atoms with van der Waals surface area (Å²) in [5, 5.41) is 17.0. The van der Waals surface area contributed by atoms with E-state index in [0.29, 0.717) is 25.6 Å².